The second-order valence-corrected chi connectivity index (χ2v) is 6.35. The van der Waals surface area contributed by atoms with Gasteiger partial charge in [0.1, 0.15) is 0 Å². The van der Waals surface area contributed by atoms with Gasteiger partial charge in [-0.05, 0) is 23.3 Å². The lowest BCUT2D eigenvalue weighted by Crippen LogP contribution is -2.24. The van der Waals surface area contributed by atoms with E-state index in [4.69, 9.17) is 9.47 Å². The van der Waals surface area contributed by atoms with Gasteiger partial charge in [0.25, 0.3) is 0 Å². The fourth-order valence-corrected chi connectivity index (χ4v) is 3.48. The Labute approximate surface area is 175 Å². The number of amides is 1. The van der Waals surface area contributed by atoms with Gasteiger partial charge in [0, 0.05) is 18.1 Å². The van der Waals surface area contributed by atoms with Gasteiger partial charge in [0.15, 0.2) is 0 Å². The molecule has 0 saturated heterocycles. The summed E-state index contributed by atoms with van der Waals surface area (Å²) in [6, 6.07) is 14.7. The van der Waals surface area contributed by atoms with Crippen molar-refractivity contribution in [2.75, 3.05) is 19.1 Å². The van der Waals surface area contributed by atoms with Crippen LogP contribution in [0.1, 0.15) is 30.9 Å². The molecule has 152 valence electrons. The van der Waals surface area contributed by atoms with E-state index in [9.17, 15) is 14.4 Å². The van der Waals surface area contributed by atoms with Crippen LogP contribution in [-0.4, -0.2) is 32.1 Å². The number of hydrogen-bond acceptors (Lipinski definition) is 5. The molecule has 6 nitrogen and oxygen atoms in total. The van der Waals surface area contributed by atoms with Gasteiger partial charge in [0.05, 0.1) is 38.4 Å². The number of ether oxygens (including phenoxy) is 2. The lowest BCUT2D eigenvalue weighted by molar-refractivity contribution is -0.140. The smallest absolute Gasteiger partial charge is 0.310 e. The summed E-state index contributed by atoms with van der Waals surface area (Å²) in [4.78, 5) is 38.5. The molecule has 0 unspecified atom stereocenters. The Balaban J connectivity index is 0.00000300. The van der Waals surface area contributed by atoms with Gasteiger partial charge in [-0.25, -0.2) is 0 Å². The van der Waals surface area contributed by atoms with Crippen LogP contribution in [0.5, 0.6) is 0 Å². The second-order valence-electron chi connectivity index (χ2n) is 6.35. The van der Waals surface area contributed by atoms with Crippen LogP contribution < -0.4 is 4.90 Å². The molecule has 0 radical (unpaired) electrons. The number of nitrogens with zero attached hydrogens (tertiary/aromatic N) is 1. The summed E-state index contributed by atoms with van der Waals surface area (Å²) in [5.41, 5.74) is 4.01. The van der Waals surface area contributed by atoms with E-state index >= 15 is 0 Å². The molecular weight excluding hydrogens is 394 g/mol. The standard InChI is InChI=1S/C22H21NO5.ClH/c1-14(24)23-19-10-6-4-8-15(19)17(12-21(25)27-2)18(13-22(26)28-3)16-9-5-7-11-20(16)23;/h4-11H,12-13H2,1-3H3;1H. The molecule has 1 aliphatic rings. The van der Waals surface area contributed by atoms with Crippen molar-refractivity contribution in [3.8, 4) is 0 Å². The first-order valence-corrected chi connectivity index (χ1v) is 8.83. The maximum Gasteiger partial charge on any atom is 0.310 e. The van der Waals surface area contributed by atoms with Crippen LogP contribution in [0, 0.1) is 0 Å². The van der Waals surface area contributed by atoms with E-state index in [0.29, 0.717) is 33.6 Å². The number of carbonyl (C=O) groups excluding carboxylic acids is 3. The molecule has 1 aliphatic heterocycles. The van der Waals surface area contributed by atoms with Crippen LogP contribution in [0.3, 0.4) is 0 Å². The number of halogens is 1. The maximum absolute atomic E-state index is 12.6. The summed E-state index contributed by atoms with van der Waals surface area (Å²) in [5, 5.41) is 0. The highest BCUT2D eigenvalue weighted by molar-refractivity contribution is 6.13. The van der Waals surface area contributed by atoms with E-state index < -0.39 is 11.9 Å². The van der Waals surface area contributed by atoms with Crippen LogP contribution in [0.2, 0.25) is 0 Å². The van der Waals surface area contributed by atoms with Crippen LogP contribution in [0.15, 0.2) is 48.5 Å². The van der Waals surface area contributed by atoms with E-state index in [1.165, 1.54) is 21.1 Å². The van der Waals surface area contributed by atoms with E-state index in [1.54, 1.807) is 4.90 Å². The zero-order valence-corrected chi connectivity index (χ0v) is 17.2. The predicted octanol–water partition coefficient (Wildman–Crippen LogP) is 4.14. The molecular formula is C22H22ClNO5. The first-order valence-electron chi connectivity index (χ1n) is 8.83. The molecule has 0 fully saturated rings. The van der Waals surface area contributed by atoms with Gasteiger partial charge in [-0.3, -0.25) is 19.3 Å². The van der Waals surface area contributed by atoms with Crippen LogP contribution in [-0.2, 0) is 23.9 Å². The van der Waals surface area contributed by atoms with Gasteiger partial charge < -0.3 is 9.47 Å². The van der Waals surface area contributed by atoms with Crippen molar-refractivity contribution in [2.24, 2.45) is 0 Å². The molecule has 3 rings (SSSR count). The number of benzene rings is 2. The van der Waals surface area contributed by atoms with Crippen molar-refractivity contribution in [3.05, 3.63) is 59.7 Å². The van der Waals surface area contributed by atoms with Gasteiger partial charge in [-0.2, -0.15) is 0 Å². The molecule has 0 aliphatic carbocycles. The normalized spacial score (nSPS) is 12.2. The average Bonchev–Trinajstić information content (AvgIpc) is 2.81. The first kappa shape index (κ1) is 22.2. The molecule has 29 heavy (non-hydrogen) atoms. The third-order valence-electron chi connectivity index (χ3n) is 4.72. The quantitative estimate of drug-likeness (QED) is 0.701. The highest BCUT2D eigenvalue weighted by Gasteiger charge is 2.30. The molecule has 0 bridgehead atoms. The second kappa shape index (κ2) is 9.39. The number of rotatable bonds is 4. The van der Waals surface area contributed by atoms with E-state index in [2.05, 4.69) is 0 Å². The van der Waals surface area contributed by atoms with Crippen LogP contribution in [0.4, 0.5) is 11.4 Å². The molecule has 0 atom stereocenters. The number of esters is 2. The number of para-hydroxylation sites is 2. The van der Waals surface area contributed by atoms with Gasteiger partial charge in [0.2, 0.25) is 5.91 Å². The third kappa shape index (κ3) is 4.32. The summed E-state index contributed by atoms with van der Waals surface area (Å²) in [6.45, 7) is 1.48. The largest absolute Gasteiger partial charge is 0.469 e. The monoisotopic (exact) mass is 415 g/mol. The first-order chi connectivity index (χ1) is 13.5. The molecule has 0 N–H and O–H groups in total. The lowest BCUT2D eigenvalue weighted by atomic mass is 9.90. The molecule has 0 saturated carbocycles. The minimum Gasteiger partial charge on any atom is -0.469 e. The highest BCUT2D eigenvalue weighted by atomic mass is 35.5. The van der Waals surface area contributed by atoms with Crippen molar-refractivity contribution < 1.29 is 23.9 Å². The molecule has 2 aromatic carbocycles. The van der Waals surface area contributed by atoms with Crippen molar-refractivity contribution in [2.45, 2.75) is 19.8 Å². The Morgan fingerprint density at radius 3 is 1.48 bits per heavy atom. The van der Waals surface area contributed by atoms with Crippen molar-refractivity contribution >= 4 is 52.8 Å². The maximum atomic E-state index is 12.6. The number of anilines is 2. The van der Waals surface area contributed by atoms with E-state index in [1.807, 2.05) is 48.5 Å². The number of hydrogen-bond donors (Lipinski definition) is 0. The van der Waals surface area contributed by atoms with Crippen molar-refractivity contribution in [1.29, 1.82) is 0 Å². The Kier molecular flexibility index (Phi) is 7.18. The SMILES string of the molecule is COC(=O)CC1=C(CC(=O)OC)c2ccccc2N(C(C)=O)c2ccccc21.Cl. The fourth-order valence-electron chi connectivity index (χ4n) is 3.48. The summed E-state index contributed by atoms with van der Waals surface area (Å²) in [5.74, 6) is -1.03. The molecule has 0 spiro atoms. The topological polar surface area (TPSA) is 72.9 Å². The highest BCUT2D eigenvalue weighted by Crippen LogP contribution is 2.46. The zero-order chi connectivity index (χ0) is 20.3. The Hall–Kier alpha value is -3.12. The van der Waals surface area contributed by atoms with Gasteiger partial charge >= 0.3 is 11.9 Å². The summed E-state index contributed by atoms with van der Waals surface area (Å²) in [7, 11) is 2.64. The van der Waals surface area contributed by atoms with Gasteiger partial charge in [-0.1, -0.05) is 36.4 Å². The van der Waals surface area contributed by atoms with E-state index in [0.717, 1.165) is 0 Å². The molecule has 1 heterocycles. The van der Waals surface area contributed by atoms with Crippen LogP contribution >= 0.6 is 12.4 Å². The van der Waals surface area contributed by atoms with Crippen molar-refractivity contribution in [3.63, 3.8) is 0 Å². The minimum atomic E-state index is -0.430. The molecule has 7 heteroatoms. The molecule has 0 aromatic heterocycles. The summed E-state index contributed by atoms with van der Waals surface area (Å²) < 4.78 is 9.76. The summed E-state index contributed by atoms with van der Waals surface area (Å²) in [6.07, 6.45) is -0.0557. The average molecular weight is 416 g/mol. The molecule has 1 amide bonds. The van der Waals surface area contributed by atoms with E-state index in [-0.39, 0.29) is 31.2 Å². The number of methoxy groups -OCH3 is 2. The summed E-state index contributed by atoms with van der Waals surface area (Å²) >= 11 is 0. The van der Waals surface area contributed by atoms with Gasteiger partial charge in [-0.15, -0.1) is 12.4 Å². The fraction of sp³-hybridized carbons (Fsp3) is 0.227. The predicted molar refractivity (Wildman–Crippen MR) is 113 cm³/mol. The minimum absolute atomic E-state index is 0. The van der Waals surface area contributed by atoms with Crippen LogP contribution in [0.25, 0.3) is 11.1 Å². The Morgan fingerprint density at radius 2 is 1.14 bits per heavy atom. The number of fused-ring (bicyclic) bond motifs is 2. The molecule has 2 aromatic rings. The Bertz CT molecular complexity index is 911. The zero-order valence-electron chi connectivity index (χ0n) is 16.4. The number of carbonyl (C=O) groups is 3. The Morgan fingerprint density at radius 1 is 0.759 bits per heavy atom. The lowest BCUT2D eigenvalue weighted by Gasteiger charge is -2.24. The van der Waals surface area contributed by atoms with Crippen molar-refractivity contribution in [1.82, 2.24) is 0 Å². The third-order valence-corrected chi connectivity index (χ3v) is 4.72.